The fourth-order valence-corrected chi connectivity index (χ4v) is 4.03. The van der Waals surface area contributed by atoms with Crippen LogP contribution in [0.25, 0.3) is 0 Å². The van der Waals surface area contributed by atoms with Gasteiger partial charge in [0.1, 0.15) is 0 Å². The highest BCUT2D eigenvalue weighted by atomic mass is 79.9. The van der Waals surface area contributed by atoms with Crippen molar-refractivity contribution in [3.63, 3.8) is 0 Å². The zero-order valence-electron chi connectivity index (χ0n) is 11.0. The van der Waals surface area contributed by atoms with Gasteiger partial charge in [-0.05, 0) is 37.1 Å². The minimum absolute atomic E-state index is 0.116. The van der Waals surface area contributed by atoms with Crippen LogP contribution in [0.1, 0.15) is 12.8 Å². The van der Waals surface area contributed by atoms with Gasteiger partial charge >= 0.3 is 0 Å². The molecule has 0 unspecified atom stereocenters. The van der Waals surface area contributed by atoms with Crippen LogP contribution in [0.2, 0.25) is 0 Å². The summed E-state index contributed by atoms with van der Waals surface area (Å²) in [6.45, 7) is 1.50. The average molecular weight is 383 g/mol. The highest BCUT2D eigenvalue weighted by Crippen LogP contribution is 2.23. The van der Waals surface area contributed by atoms with Crippen LogP contribution in [-0.2, 0) is 14.8 Å². The Labute approximate surface area is 133 Å². The second-order valence-corrected chi connectivity index (χ2v) is 7.85. The van der Waals surface area contributed by atoms with E-state index in [1.54, 1.807) is 24.3 Å². The first-order chi connectivity index (χ1) is 9.54. The highest BCUT2D eigenvalue weighted by molar-refractivity contribution is 9.10. The zero-order valence-corrected chi connectivity index (χ0v) is 14.1. The smallest absolute Gasteiger partial charge is 0.243 e. The maximum atomic E-state index is 12.5. The molecule has 1 heterocycles. The van der Waals surface area contributed by atoms with Gasteiger partial charge < -0.3 is 4.74 Å². The quantitative estimate of drug-likeness (QED) is 0.736. The second kappa shape index (κ2) is 7.22. The fraction of sp³-hybridized carbons (Fsp3) is 0.538. The predicted octanol–water partition coefficient (Wildman–Crippen LogP) is 2.86. The van der Waals surface area contributed by atoms with E-state index in [-0.39, 0.29) is 6.10 Å². The van der Waals surface area contributed by atoms with E-state index in [2.05, 4.69) is 15.9 Å². The Morgan fingerprint density at radius 1 is 1.25 bits per heavy atom. The van der Waals surface area contributed by atoms with Crippen LogP contribution in [0.5, 0.6) is 0 Å². The number of rotatable bonds is 5. The van der Waals surface area contributed by atoms with Gasteiger partial charge in [-0.25, -0.2) is 8.42 Å². The average Bonchev–Trinajstić information content (AvgIpc) is 2.46. The minimum Gasteiger partial charge on any atom is -0.377 e. The first kappa shape index (κ1) is 16.2. The summed E-state index contributed by atoms with van der Waals surface area (Å²) in [5.41, 5.74) is 0. The molecule has 1 aromatic carbocycles. The summed E-state index contributed by atoms with van der Waals surface area (Å²) < 4.78 is 32.9. The van der Waals surface area contributed by atoms with Gasteiger partial charge in [-0.3, -0.25) is 0 Å². The number of hydrogen-bond donors (Lipinski definition) is 0. The first-order valence-electron chi connectivity index (χ1n) is 6.47. The summed E-state index contributed by atoms with van der Waals surface area (Å²) in [5.74, 6) is 0.470. The van der Waals surface area contributed by atoms with Crippen molar-refractivity contribution in [3.8, 4) is 0 Å². The lowest BCUT2D eigenvalue weighted by Crippen LogP contribution is -2.40. The fourth-order valence-electron chi connectivity index (χ4n) is 2.21. The topological polar surface area (TPSA) is 46.6 Å². The van der Waals surface area contributed by atoms with Crippen molar-refractivity contribution >= 4 is 37.6 Å². The third-order valence-electron chi connectivity index (χ3n) is 3.28. The number of benzene rings is 1. The van der Waals surface area contributed by atoms with Crippen molar-refractivity contribution in [3.05, 3.63) is 28.7 Å². The normalized spacial score (nSPS) is 18.3. The molecule has 1 fully saturated rings. The standard InChI is InChI=1S/C13H17BrClNO3S/c14-11-1-3-13(4-2-11)20(17,18)16-8-5-12(6-9-16)19-10-7-15/h1-4,12H,5-10H2. The predicted molar refractivity (Wildman–Crippen MR) is 82.6 cm³/mol. The van der Waals surface area contributed by atoms with Crippen LogP contribution in [-0.4, -0.2) is 44.4 Å². The van der Waals surface area contributed by atoms with E-state index in [0.29, 0.717) is 43.3 Å². The van der Waals surface area contributed by atoms with E-state index in [0.717, 1.165) is 4.47 Å². The lowest BCUT2D eigenvalue weighted by molar-refractivity contribution is 0.0301. The molecule has 1 aromatic rings. The summed E-state index contributed by atoms with van der Waals surface area (Å²) >= 11 is 8.88. The number of ether oxygens (including phenoxy) is 1. The second-order valence-electron chi connectivity index (χ2n) is 4.62. The van der Waals surface area contributed by atoms with Crippen molar-refractivity contribution in [1.82, 2.24) is 4.31 Å². The molecule has 1 saturated heterocycles. The van der Waals surface area contributed by atoms with Gasteiger partial charge in [0, 0.05) is 23.4 Å². The van der Waals surface area contributed by atoms with Crippen LogP contribution in [0.4, 0.5) is 0 Å². The molecule has 4 nitrogen and oxygen atoms in total. The molecule has 0 radical (unpaired) electrons. The molecule has 112 valence electrons. The van der Waals surface area contributed by atoms with Gasteiger partial charge in [-0.15, -0.1) is 11.6 Å². The van der Waals surface area contributed by atoms with Gasteiger partial charge in [0.2, 0.25) is 10.0 Å². The van der Waals surface area contributed by atoms with Crippen molar-refractivity contribution in [1.29, 1.82) is 0 Å². The molecular formula is C13H17BrClNO3S. The van der Waals surface area contributed by atoms with Gasteiger partial charge in [-0.2, -0.15) is 4.31 Å². The van der Waals surface area contributed by atoms with Gasteiger partial charge in [0.05, 0.1) is 17.6 Å². The summed E-state index contributed by atoms with van der Waals surface area (Å²) in [4.78, 5) is 0.334. The number of alkyl halides is 1. The van der Waals surface area contributed by atoms with Crippen LogP contribution in [0, 0.1) is 0 Å². The first-order valence-corrected chi connectivity index (χ1v) is 9.24. The van der Waals surface area contributed by atoms with Crippen LogP contribution in [0.15, 0.2) is 33.6 Å². The molecule has 0 bridgehead atoms. The Morgan fingerprint density at radius 2 is 1.85 bits per heavy atom. The van der Waals surface area contributed by atoms with E-state index in [4.69, 9.17) is 16.3 Å². The summed E-state index contributed by atoms with van der Waals surface area (Å²) in [7, 11) is -3.39. The summed E-state index contributed by atoms with van der Waals surface area (Å²) in [6, 6.07) is 6.72. The molecule has 0 spiro atoms. The lowest BCUT2D eigenvalue weighted by Gasteiger charge is -2.31. The summed E-state index contributed by atoms with van der Waals surface area (Å²) in [5, 5.41) is 0. The van der Waals surface area contributed by atoms with Gasteiger partial charge in [-0.1, -0.05) is 15.9 Å². The highest BCUT2D eigenvalue weighted by Gasteiger charge is 2.29. The molecule has 1 aliphatic rings. The Kier molecular flexibility index (Phi) is 5.86. The molecule has 0 amide bonds. The molecule has 0 atom stereocenters. The maximum absolute atomic E-state index is 12.5. The minimum atomic E-state index is -3.39. The van der Waals surface area contributed by atoms with Crippen LogP contribution >= 0.6 is 27.5 Å². The van der Waals surface area contributed by atoms with E-state index in [1.807, 2.05) is 0 Å². The SMILES string of the molecule is O=S(=O)(c1ccc(Br)cc1)N1CCC(OCCCl)CC1. The third-order valence-corrected chi connectivity index (χ3v) is 5.88. The molecule has 7 heteroatoms. The maximum Gasteiger partial charge on any atom is 0.243 e. The Morgan fingerprint density at radius 3 is 2.40 bits per heavy atom. The van der Waals surface area contributed by atoms with E-state index in [1.165, 1.54) is 4.31 Å². The number of sulfonamides is 1. The van der Waals surface area contributed by atoms with E-state index in [9.17, 15) is 8.42 Å². The molecule has 1 aliphatic heterocycles. The van der Waals surface area contributed by atoms with E-state index < -0.39 is 10.0 Å². The number of halogens is 2. The number of nitrogens with zero attached hydrogens (tertiary/aromatic N) is 1. The van der Waals surface area contributed by atoms with Gasteiger partial charge in [0.25, 0.3) is 0 Å². The third kappa shape index (κ3) is 3.95. The molecule has 0 saturated carbocycles. The van der Waals surface area contributed by atoms with Crippen molar-refractivity contribution in [2.75, 3.05) is 25.6 Å². The molecular weight excluding hydrogens is 366 g/mol. The molecule has 2 rings (SSSR count). The van der Waals surface area contributed by atoms with Crippen LogP contribution < -0.4 is 0 Å². The van der Waals surface area contributed by atoms with E-state index >= 15 is 0 Å². The largest absolute Gasteiger partial charge is 0.377 e. The number of hydrogen-bond acceptors (Lipinski definition) is 3. The lowest BCUT2D eigenvalue weighted by atomic mass is 10.1. The zero-order chi connectivity index (χ0) is 14.6. The Bertz CT molecular complexity index is 527. The Hall–Kier alpha value is -0.140. The van der Waals surface area contributed by atoms with Crippen molar-refractivity contribution in [2.45, 2.75) is 23.8 Å². The molecule has 20 heavy (non-hydrogen) atoms. The Balaban J connectivity index is 2.00. The number of piperidine rings is 1. The van der Waals surface area contributed by atoms with Crippen molar-refractivity contribution in [2.24, 2.45) is 0 Å². The van der Waals surface area contributed by atoms with Crippen molar-refractivity contribution < 1.29 is 13.2 Å². The van der Waals surface area contributed by atoms with Gasteiger partial charge in [0.15, 0.2) is 0 Å². The molecule has 0 N–H and O–H groups in total. The molecule has 0 aromatic heterocycles. The molecule has 0 aliphatic carbocycles. The van der Waals surface area contributed by atoms with Crippen LogP contribution in [0.3, 0.4) is 0 Å². The monoisotopic (exact) mass is 381 g/mol. The summed E-state index contributed by atoms with van der Waals surface area (Å²) in [6.07, 6.45) is 1.55.